The maximum absolute atomic E-state index is 11.2. The highest BCUT2D eigenvalue weighted by molar-refractivity contribution is 5.69. The van der Waals surface area contributed by atoms with Gasteiger partial charge < -0.3 is 4.74 Å². The van der Waals surface area contributed by atoms with Crippen LogP contribution in [-0.2, 0) is 9.53 Å². The van der Waals surface area contributed by atoms with Crippen molar-refractivity contribution in [3.63, 3.8) is 0 Å². The van der Waals surface area contributed by atoms with Crippen molar-refractivity contribution in [1.82, 2.24) is 0 Å². The van der Waals surface area contributed by atoms with Crippen molar-refractivity contribution in [1.29, 1.82) is 0 Å². The third-order valence-corrected chi connectivity index (χ3v) is 1.85. The average Bonchev–Trinajstić information content (AvgIpc) is 2.17. The van der Waals surface area contributed by atoms with Crippen molar-refractivity contribution < 1.29 is 9.53 Å². The highest BCUT2D eigenvalue weighted by atomic mass is 16.5. The Morgan fingerprint density at radius 1 is 1.57 bits per heavy atom. The number of hydrogen-bond acceptors (Lipinski definition) is 2. The molecule has 1 atom stereocenters. The molecule has 2 nitrogen and oxygen atoms in total. The summed E-state index contributed by atoms with van der Waals surface area (Å²) >= 11 is 0. The van der Waals surface area contributed by atoms with Gasteiger partial charge in [-0.3, -0.25) is 4.79 Å². The second-order valence-electron chi connectivity index (χ2n) is 3.16. The minimum atomic E-state index is -0.134. The lowest BCUT2D eigenvalue weighted by atomic mass is 10.2. The van der Waals surface area contributed by atoms with Crippen LogP contribution in [0.1, 0.15) is 39.5 Å². The van der Waals surface area contributed by atoms with E-state index in [2.05, 4.69) is 12.7 Å². The molecule has 1 unspecified atom stereocenters. The van der Waals surface area contributed by atoms with Crippen LogP contribution in [0.4, 0.5) is 0 Å². The molecule has 0 radical (unpaired) electrons. The van der Waals surface area contributed by atoms with Crippen LogP contribution in [0.3, 0.4) is 0 Å². The molecule has 0 rings (SSSR count). The molecule has 0 aromatic rings. The molecule has 14 heavy (non-hydrogen) atoms. The fraction of sp³-hybridized carbons (Fsp3) is 0.583. The van der Waals surface area contributed by atoms with E-state index in [9.17, 15) is 4.79 Å². The zero-order valence-corrected chi connectivity index (χ0v) is 9.16. The first-order valence-corrected chi connectivity index (χ1v) is 5.17. The van der Waals surface area contributed by atoms with E-state index in [1.165, 1.54) is 0 Å². The molecule has 0 heterocycles. The second kappa shape index (κ2) is 8.54. The first-order chi connectivity index (χ1) is 6.74. The van der Waals surface area contributed by atoms with E-state index < -0.39 is 0 Å². The van der Waals surface area contributed by atoms with Crippen molar-refractivity contribution in [3.05, 3.63) is 24.8 Å². The Balaban J connectivity index is 3.78. The van der Waals surface area contributed by atoms with Gasteiger partial charge in [-0.15, -0.1) is 0 Å². The highest BCUT2D eigenvalue weighted by Gasteiger charge is 2.08. The number of carbonyl (C=O) groups excluding carboxylic acids is 1. The van der Waals surface area contributed by atoms with Crippen LogP contribution in [-0.4, -0.2) is 12.1 Å². The fourth-order valence-corrected chi connectivity index (χ4v) is 1.08. The molecule has 0 aliphatic carbocycles. The summed E-state index contributed by atoms with van der Waals surface area (Å²) in [5.74, 6) is -0.127. The van der Waals surface area contributed by atoms with E-state index in [-0.39, 0.29) is 12.1 Å². The summed E-state index contributed by atoms with van der Waals surface area (Å²) in [7, 11) is 0. The number of ether oxygens (including phenoxy) is 1. The standard InChI is InChI=1S/C12H20O2/c1-4-7-8-10-11(6-3)14-12(13)9-5-2/h4,6-7,11H,3,5,8-10H2,1-2H3/b7-4+. The zero-order valence-electron chi connectivity index (χ0n) is 9.16. The van der Waals surface area contributed by atoms with Gasteiger partial charge in [0.05, 0.1) is 0 Å². The Bertz CT molecular complexity index is 194. The van der Waals surface area contributed by atoms with E-state index in [1.54, 1.807) is 6.08 Å². The molecule has 0 aliphatic rings. The number of esters is 1. The van der Waals surface area contributed by atoms with Crippen LogP contribution in [0.15, 0.2) is 24.8 Å². The monoisotopic (exact) mass is 196 g/mol. The summed E-state index contributed by atoms with van der Waals surface area (Å²) in [6.07, 6.45) is 8.68. The van der Waals surface area contributed by atoms with Gasteiger partial charge in [0, 0.05) is 6.42 Å². The summed E-state index contributed by atoms with van der Waals surface area (Å²) in [6.45, 7) is 7.59. The second-order valence-corrected chi connectivity index (χ2v) is 3.16. The zero-order chi connectivity index (χ0) is 10.8. The average molecular weight is 196 g/mol. The predicted molar refractivity (Wildman–Crippen MR) is 59.0 cm³/mol. The van der Waals surface area contributed by atoms with E-state index >= 15 is 0 Å². The normalized spacial score (nSPS) is 12.7. The summed E-state index contributed by atoms with van der Waals surface area (Å²) in [4.78, 5) is 11.2. The molecule has 0 N–H and O–H groups in total. The van der Waals surface area contributed by atoms with Gasteiger partial charge in [-0.05, 0) is 26.2 Å². The lowest BCUT2D eigenvalue weighted by Crippen LogP contribution is -2.15. The molecule has 0 fully saturated rings. The number of carbonyl (C=O) groups is 1. The minimum absolute atomic E-state index is 0.127. The van der Waals surface area contributed by atoms with Crippen molar-refractivity contribution >= 4 is 5.97 Å². The predicted octanol–water partition coefficient (Wildman–Crippen LogP) is 3.24. The van der Waals surface area contributed by atoms with Gasteiger partial charge >= 0.3 is 5.97 Å². The molecule has 0 spiro atoms. The van der Waals surface area contributed by atoms with Gasteiger partial charge in [-0.2, -0.15) is 0 Å². The van der Waals surface area contributed by atoms with Gasteiger partial charge in [0.15, 0.2) is 0 Å². The molecule has 0 aromatic carbocycles. The molecule has 0 aromatic heterocycles. The van der Waals surface area contributed by atoms with Crippen LogP contribution >= 0.6 is 0 Å². The van der Waals surface area contributed by atoms with Crippen LogP contribution in [0.2, 0.25) is 0 Å². The summed E-state index contributed by atoms with van der Waals surface area (Å²) in [5, 5.41) is 0. The van der Waals surface area contributed by atoms with Crippen molar-refractivity contribution in [2.24, 2.45) is 0 Å². The first-order valence-electron chi connectivity index (χ1n) is 5.17. The Kier molecular flexibility index (Phi) is 7.90. The lowest BCUT2D eigenvalue weighted by Gasteiger charge is -2.12. The minimum Gasteiger partial charge on any atom is -0.458 e. The molecule has 2 heteroatoms. The van der Waals surface area contributed by atoms with Crippen molar-refractivity contribution in [3.8, 4) is 0 Å². The van der Waals surface area contributed by atoms with Crippen molar-refractivity contribution in [2.45, 2.75) is 45.6 Å². The fourth-order valence-electron chi connectivity index (χ4n) is 1.08. The highest BCUT2D eigenvalue weighted by Crippen LogP contribution is 2.06. The number of allylic oxidation sites excluding steroid dienone is 2. The quantitative estimate of drug-likeness (QED) is 0.461. The van der Waals surface area contributed by atoms with E-state index in [4.69, 9.17) is 4.74 Å². The van der Waals surface area contributed by atoms with Crippen LogP contribution in [0.25, 0.3) is 0 Å². The van der Waals surface area contributed by atoms with Crippen LogP contribution < -0.4 is 0 Å². The van der Waals surface area contributed by atoms with Gasteiger partial charge in [0.1, 0.15) is 6.10 Å². The Hall–Kier alpha value is -1.05. The third-order valence-electron chi connectivity index (χ3n) is 1.85. The molecular weight excluding hydrogens is 176 g/mol. The maximum atomic E-state index is 11.2. The largest absolute Gasteiger partial charge is 0.458 e. The molecule has 0 bridgehead atoms. The van der Waals surface area contributed by atoms with Crippen molar-refractivity contribution in [2.75, 3.05) is 0 Å². The molecular formula is C12H20O2. The third kappa shape index (κ3) is 6.46. The summed E-state index contributed by atoms with van der Waals surface area (Å²) in [6, 6.07) is 0. The van der Waals surface area contributed by atoms with Gasteiger partial charge in [-0.1, -0.05) is 31.7 Å². The lowest BCUT2D eigenvalue weighted by molar-refractivity contribution is -0.147. The first kappa shape index (κ1) is 12.9. The Morgan fingerprint density at radius 2 is 2.29 bits per heavy atom. The topological polar surface area (TPSA) is 26.3 Å². The summed E-state index contributed by atoms with van der Waals surface area (Å²) in [5.41, 5.74) is 0. The maximum Gasteiger partial charge on any atom is 0.306 e. The summed E-state index contributed by atoms with van der Waals surface area (Å²) < 4.78 is 5.20. The van der Waals surface area contributed by atoms with Crippen LogP contribution in [0.5, 0.6) is 0 Å². The van der Waals surface area contributed by atoms with E-state index in [1.807, 2.05) is 19.9 Å². The SMILES string of the molecule is C=CC(CC/C=C/C)OC(=O)CCC. The number of hydrogen-bond donors (Lipinski definition) is 0. The number of rotatable bonds is 7. The van der Waals surface area contributed by atoms with Gasteiger partial charge in [0.2, 0.25) is 0 Å². The Labute approximate surface area is 86.6 Å². The molecule has 0 aliphatic heterocycles. The van der Waals surface area contributed by atoms with E-state index in [0.717, 1.165) is 19.3 Å². The van der Waals surface area contributed by atoms with Crippen LogP contribution in [0, 0.1) is 0 Å². The molecule has 0 amide bonds. The Morgan fingerprint density at radius 3 is 2.79 bits per heavy atom. The molecule has 0 saturated carbocycles. The smallest absolute Gasteiger partial charge is 0.306 e. The van der Waals surface area contributed by atoms with E-state index in [0.29, 0.717) is 6.42 Å². The van der Waals surface area contributed by atoms with Gasteiger partial charge in [-0.25, -0.2) is 0 Å². The molecule has 80 valence electrons. The van der Waals surface area contributed by atoms with Gasteiger partial charge in [0.25, 0.3) is 0 Å². The molecule has 0 saturated heterocycles.